The van der Waals surface area contributed by atoms with E-state index in [1.807, 2.05) is 26.1 Å². The number of aryl methyl sites for hydroxylation is 1. The second-order valence-electron chi connectivity index (χ2n) is 6.41. The molecule has 0 spiro atoms. The summed E-state index contributed by atoms with van der Waals surface area (Å²) < 4.78 is 11.4. The van der Waals surface area contributed by atoms with Crippen LogP contribution in [0.4, 0.5) is 0 Å². The Morgan fingerprint density at radius 2 is 2.04 bits per heavy atom. The summed E-state index contributed by atoms with van der Waals surface area (Å²) in [5.74, 6) is 1.65. The van der Waals surface area contributed by atoms with Crippen LogP contribution in [0.1, 0.15) is 16.8 Å². The zero-order valence-electron chi connectivity index (χ0n) is 15.1. The van der Waals surface area contributed by atoms with Crippen LogP contribution in [0.15, 0.2) is 36.5 Å². The highest BCUT2D eigenvalue weighted by Crippen LogP contribution is 2.26. The first-order valence-electron chi connectivity index (χ1n) is 8.91. The van der Waals surface area contributed by atoms with Crippen LogP contribution in [0.3, 0.4) is 0 Å². The van der Waals surface area contributed by atoms with Crippen molar-refractivity contribution >= 4 is 0 Å². The SMILES string of the molecule is CNCc1cc(CCN2CCOCC2)ccc1Oc1ccc(C)nc1. The molecule has 0 unspecified atom stereocenters. The molecule has 1 N–H and O–H groups in total. The van der Waals surface area contributed by atoms with Crippen LogP contribution in [0.5, 0.6) is 11.5 Å². The van der Waals surface area contributed by atoms with Crippen molar-refractivity contribution in [2.75, 3.05) is 39.9 Å². The van der Waals surface area contributed by atoms with E-state index in [-0.39, 0.29) is 0 Å². The van der Waals surface area contributed by atoms with Gasteiger partial charge in [-0.25, -0.2) is 0 Å². The Morgan fingerprint density at radius 1 is 1.20 bits per heavy atom. The molecule has 2 aromatic rings. The van der Waals surface area contributed by atoms with Crippen molar-refractivity contribution in [2.24, 2.45) is 0 Å². The summed E-state index contributed by atoms with van der Waals surface area (Å²) in [7, 11) is 1.96. The number of hydrogen-bond acceptors (Lipinski definition) is 5. The number of aromatic nitrogens is 1. The van der Waals surface area contributed by atoms with E-state index in [9.17, 15) is 0 Å². The van der Waals surface area contributed by atoms with Gasteiger partial charge in [-0.3, -0.25) is 9.88 Å². The molecule has 134 valence electrons. The van der Waals surface area contributed by atoms with Crippen molar-refractivity contribution < 1.29 is 9.47 Å². The van der Waals surface area contributed by atoms with Crippen LogP contribution in [0.2, 0.25) is 0 Å². The average molecular weight is 341 g/mol. The van der Waals surface area contributed by atoms with Gasteiger partial charge in [-0.2, -0.15) is 0 Å². The molecular weight excluding hydrogens is 314 g/mol. The summed E-state index contributed by atoms with van der Waals surface area (Å²) in [4.78, 5) is 6.76. The van der Waals surface area contributed by atoms with Crippen LogP contribution in [-0.2, 0) is 17.7 Å². The Labute approximate surface area is 150 Å². The molecule has 1 aliphatic rings. The van der Waals surface area contributed by atoms with E-state index in [1.54, 1.807) is 6.20 Å². The van der Waals surface area contributed by atoms with Crippen molar-refractivity contribution in [3.8, 4) is 11.5 Å². The van der Waals surface area contributed by atoms with Gasteiger partial charge >= 0.3 is 0 Å². The maximum atomic E-state index is 6.04. The van der Waals surface area contributed by atoms with E-state index in [0.717, 1.165) is 63.0 Å². The Kier molecular flexibility index (Phi) is 6.39. The molecule has 1 aromatic heterocycles. The van der Waals surface area contributed by atoms with Gasteiger partial charge in [0, 0.05) is 37.4 Å². The van der Waals surface area contributed by atoms with E-state index in [0.29, 0.717) is 0 Å². The lowest BCUT2D eigenvalue weighted by atomic mass is 10.1. The van der Waals surface area contributed by atoms with E-state index < -0.39 is 0 Å². The van der Waals surface area contributed by atoms with E-state index in [2.05, 4.69) is 33.4 Å². The van der Waals surface area contributed by atoms with Crippen molar-refractivity contribution in [2.45, 2.75) is 19.9 Å². The first kappa shape index (κ1) is 17.9. The number of hydrogen-bond donors (Lipinski definition) is 1. The number of morpholine rings is 1. The molecule has 25 heavy (non-hydrogen) atoms. The smallest absolute Gasteiger partial charge is 0.145 e. The Hall–Kier alpha value is -1.95. The van der Waals surface area contributed by atoms with Gasteiger partial charge in [-0.1, -0.05) is 12.1 Å². The monoisotopic (exact) mass is 341 g/mol. The Morgan fingerprint density at radius 3 is 2.76 bits per heavy atom. The second kappa shape index (κ2) is 8.94. The summed E-state index contributed by atoms with van der Waals surface area (Å²) in [5.41, 5.74) is 3.50. The first-order valence-corrected chi connectivity index (χ1v) is 8.91. The van der Waals surface area contributed by atoms with Crippen molar-refractivity contribution in [3.63, 3.8) is 0 Å². The van der Waals surface area contributed by atoms with Crippen molar-refractivity contribution in [1.29, 1.82) is 0 Å². The molecule has 1 aliphatic heterocycles. The third-order valence-corrected chi connectivity index (χ3v) is 4.42. The molecule has 1 saturated heterocycles. The third-order valence-electron chi connectivity index (χ3n) is 4.42. The van der Waals surface area contributed by atoms with Gasteiger partial charge in [0.25, 0.3) is 0 Å². The van der Waals surface area contributed by atoms with Gasteiger partial charge in [0.1, 0.15) is 11.5 Å². The number of pyridine rings is 1. The molecule has 0 saturated carbocycles. The molecular formula is C20H27N3O2. The quantitative estimate of drug-likeness (QED) is 0.839. The van der Waals surface area contributed by atoms with Crippen LogP contribution < -0.4 is 10.1 Å². The van der Waals surface area contributed by atoms with Gasteiger partial charge in [-0.15, -0.1) is 0 Å². The summed E-state index contributed by atoms with van der Waals surface area (Å²) in [5, 5.41) is 3.23. The number of nitrogens with zero attached hydrogens (tertiary/aromatic N) is 2. The lowest BCUT2D eigenvalue weighted by Crippen LogP contribution is -2.37. The average Bonchev–Trinajstić information content (AvgIpc) is 2.65. The number of rotatable bonds is 7. The molecule has 2 heterocycles. The first-order chi connectivity index (χ1) is 12.2. The molecule has 0 aliphatic carbocycles. The highest BCUT2D eigenvalue weighted by atomic mass is 16.5. The standard InChI is InChI=1S/C20H27N3O2/c1-16-3-5-19(15-22-16)25-20-6-4-17(13-18(20)14-21-2)7-8-23-9-11-24-12-10-23/h3-6,13,15,21H,7-12,14H2,1-2H3. The number of ether oxygens (including phenoxy) is 2. The van der Waals surface area contributed by atoms with E-state index in [4.69, 9.17) is 9.47 Å². The van der Waals surface area contributed by atoms with Gasteiger partial charge < -0.3 is 14.8 Å². The van der Waals surface area contributed by atoms with Gasteiger partial charge in [0.05, 0.1) is 19.4 Å². The lowest BCUT2D eigenvalue weighted by Gasteiger charge is -2.26. The molecule has 0 atom stereocenters. The third kappa shape index (κ3) is 5.26. The molecule has 1 fully saturated rings. The summed E-state index contributed by atoms with van der Waals surface area (Å²) in [6.07, 6.45) is 2.81. The largest absolute Gasteiger partial charge is 0.455 e. The summed E-state index contributed by atoms with van der Waals surface area (Å²) >= 11 is 0. The van der Waals surface area contributed by atoms with Crippen LogP contribution in [0.25, 0.3) is 0 Å². The minimum Gasteiger partial charge on any atom is -0.455 e. The maximum Gasteiger partial charge on any atom is 0.145 e. The van der Waals surface area contributed by atoms with Gasteiger partial charge in [0.15, 0.2) is 0 Å². The van der Waals surface area contributed by atoms with Crippen LogP contribution in [-0.4, -0.2) is 49.8 Å². The Balaban J connectivity index is 1.67. The summed E-state index contributed by atoms with van der Waals surface area (Å²) in [6, 6.07) is 10.4. The predicted molar refractivity (Wildman–Crippen MR) is 99.2 cm³/mol. The molecule has 5 nitrogen and oxygen atoms in total. The molecule has 0 amide bonds. The van der Waals surface area contributed by atoms with Crippen molar-refractivity contribution in [3.05, 3.63) is 53.3 Å². The fourth-order valence-electron chi connectivity index (χ4n) is 2.97. The number of nitrogens with one attached hydrogen (secondary N) is 1. The minimum absolute atomic E-state index is 0.768. The molecule has 3 rings (SSSR count). The summed E-state index contributed by atoms with van der Waals surface area (Å²) in [6.45, 7) is 7.59. The van der Waals surface area contributed by atoms with Crippen molar-refractivity contribution in [1.82, 2.24) is 15.2 Å². The normalized spacial score (nSPS) is 15.3. The molecule has 0 bridgehead atoms. The fraction of sp³-hybridized carbons (Fsp3) is 0.450. The van der Waals surface area contributed by atoms with Crippen LogP contribution in [0, 0.1) is 6.92 Å². The highest BCUT2D eigenvalue weighted by Gasteiger charge is 2.11. The zero-order valence-corrected chi connectivity index (χ0v) is 15.1. The van der Waals surface area contributed by atoms with E-state index in [1.165, 1.54) is 11.1 Å². The van der Waals surface area contributed by atoms with Gasteiger partial charge in [-0.05, 0) is 44.2 Å². The fourth-order valence-corrected chi connectivity index (χ4v) is 2.97. The lowest BCUT2D eigenvalue weighted by molar-refractivity contribution is 0.0384. The topological polar surface area (TPSA) is 46.6 Å². The maximum absolute atomic E-state index is 6.04. The molecule has 5 heteroatoms. The Bertz CT molecular complexity index is 667. The van der Waals surface area contributed by atoms with E-state index >= 15 is 0 Å². The van der Waals surface area contributed by atoms with Gasteiger partial charge in [0.2, 0.25) is 0 Å². The molecule has 0 radical (unpaired) electrons. The van der Waals surface area contributed by atoms with Crippen LogP contribution >= 0.6 is 0 Å². The highest BCUT2D eigenvalue weighted by molar-refractivity contribution is 5.40. The number of benzene rings is 1. The zero-order chi connectivity index (χ0) is 17.5. The predicted octanol–water partition coefficient (Wildman–Crippen LogP) is 2.78. The minimum atomic E-state index is 0.768. The second-order valence-corrected chi connectivity index (χ2v) is 6.41. The molecule has 1 aromatic carbocycles.